The van der Waals surface area contributed by atoms with Gasteiger partial charge in [-0.15, -0.1) is 0 Å². The molecule has 1 heterocycles. The van der Waals surface area contributed by atoms with Crippen molar-refractivity contribution in [1.82, 2.24) is 20.0 Å². The molecule has 1 saturated heterocycles. The molecule has 1 aliphatic rings. The molecular formula is C15H34N4. The fourth-order valence-corrected chi connectivity index (χ4v) is 2.52. The average molecular weight is 270 g/mol. The zero-order chi connectivity index (χ0) is 14.1. The van der Waals surface area contributed by atoms with Gasteiger partial charge in [0.15, 0.2) is 0 Å². The van der Waals surface area contributed by atoms with Crippen molar-refractivity contribution in [2.75, 3.05) is 66.5 Å². The summed E-state index contributed by atoms with van der Waals surface area (Å²) in [4.78, 5) is 7.67. The zero-order valence-corrected chi connectivity index (χ0v) is 13.5. The Bertz CT molecular complexity index is 212. The molecule has 0 aliphatic carbocycles. The van der Waals surface area contributed by atoms with Crippen LogP contribution in [0.4, 0.5) is 0 Å². The SMILES string of the molecule is CNCCCN1CCN(CCCN(C)C(C)C)CC1. The van der Waals surface area contributed by atoms with Crippen molar-refractivity contribution >= 4 is 0 Å². The Labute approximate surface area is 120 Å². The smallest absolute Gasteiger partial charge is 0.0110 e. The summed E-state index contributed by atoms with van der Waals surface area (Å²) in [5.74, 6) is 0. The standard InChI is InChI=1S/C15H34N4/c1-15(2)17(4)8-6-10-19-13-11-18(12-14-19)9-5-7-16-3/h15-16H,5-14H2,1-4H3. The lowest BCUT2D eigenvalue weighted by Gasteiger charge is -2.35. The Morgan fingerprint density at radius 1 is 1.00 bits per heavy atom. The monoisotopic (exact) mass is 270 g/mol. The largest absolute Gasteiger partial charge is 0.320 e. The van der Waals surface area contributed by atoms with Gasteiger partial charge in [-0.1, -0.05) is 0 Å². The van der Waals surface area contributed by atoms with Crippen LogP contribution in [-0.2, 0) is 0 Å². The molecule has 114 valence electrons. The Morgan fingerprint density at radius 2 is 1.53 bits per heavy atom. The number of hydrogen-bond donors (Lipinski definition) is 1. The van der Waals surface area contributed by atoms with E-state index in [0.717, 1.165) is 6.54 Å². The topological polar surface area (TPSA) is 21.8 Å². The molecule has 4 heteroatoms. The number of rotatable bonds is 9. The first-order valence-corrected chi connectivity index (χ1v) is 7.93. The van der Waals surface area contributed by atoms with E-state index in [-0.39, 0.29) is 0 Å². The third-order valence-electron chi connectivity index (χ3n) is 4.23. The second kappa shape index (κ2) is 9.70. The van der Waals surface area contributed by atoms with Crippen molar-refractivity contribution in [3.8, 4) is 0 Å². The van der Waals surface area contributed by atoms with E-state index in [9.17, 15) is 0 Å². The lowest BCUT2D eigenvalue weighted by molar-refractivity contribution is 0.125. The van der Waals surface area contributed by atoms with E-state index in [1.807, 2.05) is 7.05 Å². The van der Waals surface area contributed by atoms with Crippen molar-refractivity contribution in [1.29, 1.82) is 0 Å². The summed E-state index contributed by atoms with van der Waals surface area (Å²) in [5, 5.41) is 3.22. The van der Waals surface area contributed by atoms with Crippen molar-refractivity contribution in [2.45, 2.75) is 32.7 Å². The van der Waals surface area contributed by atoms with Crippen LogP contribution in [0, 0.1) is 0 Å². The Hall–Kier alpha value is -0.160. The van der Waals surface area contributed by atoms with Gasteiger partial charge in [0, 0.05) is 32.2 Å². The number of hydrogen-bond acceptors (Lipinski definition) is 4. The van der Waals surface area contributed by atoms with E-state index >= 15 is 0 Å². The van der Waals surface area contributed by atoms with Gasteiger partial charge in [0.2, 0.25) is 0 Å². The lowest BCUT2D eigenvalue weighted by atomic mass is 10.2. The molecule has 0 bridgehead atoms. The molecule has 0 aromatic rings. The number of nitrogens with zero attached hydrogens (tertiary/aromatic N) is 3. The summed E-state index contributed by atoms with van der Waals surface area (Å²) in [6, 6.07) is 0.670. The maximum absolute atomic E-state index is 3.22. The normalized spacial score (nSPS) is 18.6. The van der Waals surface area contributed by atoms with Gasteiger partial charge in [-0.05, 0) is 67.0 Å². The highest BCUT2D eigenvalue weighted by atomic mass is 15.3. The first kappa shape index (κ1) is 16.9. The van der Waals surface area contributed by atoms with Gasteiger partial charge < -0.3 is 20.0 Å². The van der Waals surface area contributed by atoms with Gasteiger partial charge in [-0.25, -0.2) is 0 Å². The molecule has 0 saturated carbocycles. The summed E-state index contributed by atoms with van der Waals surface area (Å²) in [6.07, 6.45) is 2.57. The highest BCUT2D eigenvalue weighted by Crippen LogP contribution is 2.04. The summed E-state index contributed by atoms with van der Waals surface area (Å²) in [7, 11) is 4.26. The summed E-state index contributed by atoms with van der Waals surface area (Å²) >= 11 is 0. The van der Waals surface area contributed by atoms with Gasteiger partial charge in [0.1, 0.15) is 0 Å². The van der Waals surface area contributed by atoms with Crippen LogP contribution in [0.25, 0.3) is 0 Å². The minimum atomic E-state index is 0.670. The minimum absolute atomic E-state index is 0.670. The molecule has 0 amide bonds. The minimum Gasteiger partial charge on any atom is -0.320 e. The quantitative estimate of drug-likeness (QED) is 0.630. The van der Waals surface area contributed by atoms with Crippen LogP contribution in [0.1, 0.15) is 26.7 Å². The van der Waals surface area contributed by atoms with E-state index in [0.29, 0.717) is 6.04 Å². The Balaban J connectivity index is 2.03. The molecule has 0 aromatic carbocycles. The van der Waals surface area contributed by atoms with Crippen molar-refractivity contribution in [3.63, 3.8) is 0 Å². The van der Waals surface area contributed by atoms with E-state index in [1.54, 1.807) is 0 Å². The van der Waals surface area contributed by atoms with Crippen LogP contribution in [-0.4, -0.2) is 87.2 Å². The van der Waals surface area contributed by atoms with Gasteiger partial charge >= 0.3 is 0 Å². The van der Waals surface area contributed by atoms with Gasteiger partial charge in [0.05, 0.1) is 0 Å². The zero-order valence-electron chi connectivity index (χ0n) is 13.5. The summed E-state index contributed by atoms with van der Waals surface area (Å²) in [6.45, 7) is 14.4. The first-order chi connectivity index (χ1) is 9.13. The first-order valence-electron chi connectivity index (χ1n) is 7.93. The molecule has 1 aliphatic heterocycles. The van der Waals surface area contributed by atoms with Crippen LogP contribution in [0.3, 0.4) is 0 Å². The third kappa shape index (κ3) is 7.25. The lowest BCUT2D eigenvalue weighted by Crippen LogP contribution is -2.47. The van der Waals surface area contributed by atoms with Crippen molar-refractivity contribution < 1.29 is 0 Å². The van der Waals surface area contributed by atoms with Crippen LogP contribution >= 0.6 is 0 Å². The Kier molecular flexibility index (Phi) is 8.62. The van der Waals surface area contributed by atoms with E-state index in [2.05, 4.69) is 40.9 Å². The van der Waals surface area contributed by atoms with Crippen molar-refractivity contribution in [3.05, 3.63) is 0 Å². The molecule has 4 nitrogen and oxygen atoms in total. The molecule has 1 N–H and O–H groups in total. The van der Waals surface area contributed by atoms with E-state index in [1.165, 1.54) is 58.7 Å². The molecule has 1 fully saturated rings. The average Bonchev–Trinajstić information content (AvgIpc) is 2.40. The van der Waals surface area contributed by atoms with Crippen LogP contribution in [0.15, 0.2) is 0 Å². The summed E-state index contributed by atoms with van der Waals surface area (Å²) < 4.78 is 0. The highest BCUT2D eigenvalue weighted by molar-refractivity contribution is 4.72. The summed E-state index contributed by atoms with van der Waals surface area (Å²) in [5.41, 5.74) is 0. The molecular weight excluding hydrogens is 236 g/mol. The Morgan fingerprint density at radius 3 is 2.00 bits per heavy atom. The van der Waals surface area contributed by atoms with Crippen LogP contribution in [0.5, 0.6) is 0 Å². The molecule has 19 heavy (non-hydrogen) atoms. The maximum Gasteiger partial charge on any atom is 0.0110 e. The molecule has 0 atom stereocenters. The molecule has 0 radical (unpaired) electrons. The van der Waals surface area contributed by atoms with Crippen LogP contribution < -0.4 is 5.32 Å². The van der Waals surface area contributed by atoms with E-state index in [4.69, 9.17) is 0 Å². The van der Waals surface area contributed by atoms with Gasteiger partial charge in [-0.3, -0.25) is 0 Å². The van der Waals surface area contributed by atoms with Gasteiger partial charge in [0.25, 0.3) is 0 Å². The maximum atomic E-state index is 3.22. The van der Waals surface area contributed by atoms with Gasteiger partial charge in [-0.2, -0.15) is 0 Å². The molecule has 0 spiro atoms. The molecule has 0 unspecified atom stereocenters. The highest BCUT2D eigenvalue weighted by Gasteiger charge is 2.16. The second-order valence-corrected chi connectivity index (χ2v) is 6.07. The van der Waals surface area contributed by atoms with Crippen LogP contribution in [0.2, 0.25) is 0 Å². The predicted octanol–water partition coefficient (Wildman–Crippen LogP) is 0.944. The van der Waals surface area contributed by atoms with Crippen molar-refractivity contribution in [2.24, 2.45) is 0 Å². The van der Waals surface area contributed by atoms with E-state index < -0.39 is 0 Å². The number of nitrogens with one attached hydrogen (secondary N) is 1. The predicted molar refractivity (Wildman–Crippen MR) is 83.8 cm³/mol. The number of piperazine rings is 1. The fraction of sp³-hybridized carbons (Fsp3) is 1.00. The third-order valence-corrected chi connectivity index (χ3v) is 4.23. The molecule has 0 aromatic heterocycles. The fourth-order valence-electron chi connectivity index (χ4n) is 2.52. The second-order valence-electron chi connectivity index (χ2n) is 6.07. The molecule has 1 rings (SSSR count).